The van der Waals surface area contributed by atoms with E-state index in [1.807, 2.05) is 26.8 Å². The zero-order chi connectivity index (χ0) is 28.5. The van der Waals surface area contributed by atoms with Crippen LogP contribution in [0, 0.1) is 17.6 Å². The Morgan fingerprint density at radius 3 is 2.49 bits per heavy atom. The number of alkyl halides is 1. The van der Waals surface area contributed by atoms with E-state index in [2.05, 4.69) is 0 Å². The second kappa shape index (κ2) is 11.7. The van der Waals surface area contributed by atoms with Gasteiger partial charge in [-0.15, -0.1) is 0 Å². The number of likely N-dealkylation sites (tertiary alicyclic amines) is 1. The fourth-order valence-electron chi connectivity index (χ4n) is 5.20. The fourth-order valence-corrected chi connectivity index (χ4v) is 5.54. The maximum absolute atomic E-state index is 15.3. The van der Waals surface area contributed by atoms with Crippen LogP contribution in [-0.2, 0) is 17.7 Å². The van der Waals surface area contributed by atoms with E-state index in [0.29, 0.717) is 24.6 Å². The van der Waals surface area contributed by atoms with Gasteiger partial charge in [0.1, 0.15) is 5.60 Å². The standard InChI is InChI=1S/C29H34ClF3N2O4/c1-29(2,3)39-28(37)34-12-10-17(11-13-34)6-5-7-18-14-19-16-35(27(36)23(19)21(30)15-18)26(33)20-8-9-22(38-4)25(32)24(20)31/h8-9,14-15,17,26H,5-7,10-13,16H2,1-4H3. The molecule has 39 heavy (non-hydrogen) atoms. The molecule has 2 aromatic rings. The highest BCUT2D eigenvalue weighted by atomic mass is 35.5. The van der Waals surface area contributed by atoms with Crippen molar-refractivity contribution < 1.29 is 32.2 Å². The molecule has 0 spiro atoms. The number of hydrogen-bond donors (Lipinski definition) is 0. The largest absolute Gasteiger partial charge is 0.494 e. The van der Waals surface area contributed by atoms with Crippen LogP contribution in [0.15, 0.2) is 24.3 Å². The van der Waals surface area contributed by atoms with Crippen LogP contribution >= 0.6 is 11.6 Å². The first kappa shape index (κ1) is 29.1. The molecule has 10 heteroatoms. The van der Waals surface area contributed by atoms with Gasteiger partial charge in [-0.25, -0.2) is 13.6 Å². The molecule has 1 saturated heterocycles. The normalized spacial score (nSPS) is 16.9. The number of aryl methyl sites for hydroxylation is 1. The maximum Gasteiger partial charge on any atom is 0.410 e. The maximum atomic E-state index is 15.3. The van der Waals surface area contributed by atoms with Crippen LogP contribution < -0.4 is 4.74 Å². The molecule has 1 atom stereocenters. The van der Waals surface area contributed by atoms with E-state index in [1.165, 1.54) is 7.11 Å². The minimum Gasteiger partial charge on any atom is -0.494 e. The lowest BCUT2D eigenvalue weighted by Gasteiger charge is -2.33. The van der Waals surface area contributed by atoms with Crippen LogP contribution in [0.1, 0.15) is 79.8 Å². The Hall–Kier alpha value is -2.94. The average Bonchev–Trinajstić information content (AvgIpc) is 3.21. The van der Waals surface area contributed by atoms with Gasteiger partial charge in [-0.3, -0.25) is 4.79 Å². The van der Waals surface area contributed by atoms with Crippen molar-refractivity contribution in [1.29, 1.82) is 0 Å². The van der Waals surface area contributed by atoms with Gasteiger partial charge >= 0.3 is 6.09 Å². The van der Waals surface area contributed by atoms with Gasteiger partial charge in [-0.2, -0.15) is 4.39 Å². The number of halogens is 4. The third-order valence-corrected chi connectivity index (χ3v) is 7.52. The minimum atomic E-state index is -2.18. The van der Waals surface area contributed by atoms with Crippen LogP contribution in [0.5, 0.6) is 5.75 Å². The first-order valence-corrected chi connectivity index (χ1v) is 13.5. The molecular weight excluding hydrogens is 533 g/mol. The summed E-state index contributed by atoms with van der Waals surface area (Å²) >= 11 is 6.43. The molecule has 2 amide bonds. The van der Waals surface area contributed by atoms with Crippen molar-refractivity contribution in [2.75, 3.05) is 20.2 Å². The number of piperidine rings is 1. The van der Waals surface area contributed by atoms with Gasteiger partial charge in [0.15, 0.2) is 11.6 Å². The number of nitrogens with zero attached hydrogens (tertiary/aromatic N) is 2. The predicted octanol–water partition coefficient (Wildman–Crippen LogP) is 7.22. The number of methoxy groups -OCH3 is 1. The Balaban J connectivity index is 1.34. The van der Waals surface area contributed by atoms with Gasteiger partial charge in [0.2, 0.25) is 12.1 Å². The van der Waals surface area contributed by atoms with E-state index in [9.17, 15) is 18.4 Å². The number of ether oxygens (including phenoxy) is 2. The van der Waals surface area contributed by atoms with Crippen LogP contribution in [0.2, 0.25) is 5.02 Å². The third kappa shape index (κ3) is 6.45. The molecule has 2 aliphatic heterocycles. The van der Waals surface area contributed by atoms with E-state index < -0.39 is 35.0 Å². The Labute approximate surface area is 232 Å². The summed E-state index contributed by atoms with van der Waals surface area (Å²) in [6.07, 6.45) is 1.97. The molecule has 2 aromatic carbocycles. The fraction of sp³-hybridized carbons (Fsp3) is 0.517. The zero-order valence-electron chi connectivity index (χ0n) is 22.7. The first-order chi connectivity index (χ1) is 18.4. The second-order valence-corrected chi connectivity index (χ2v) is 11.6. The summed E-state index contributed by atoms with van der Waals surface area (Å²) < 4.78 is 54.1. The summed E-state index contributed by atoms with van der Waals surface area (Å²) in [5.41, 5.74) is 0.583. The van der Waals surface area contributed by atoms with Gasteiger partial charge in [0.05, 0.1) is 17.7 Å². The van der Waals surface area contributed by atoms with Crippen molar-refractivity contribution in [2.24, 2.45) is 5.92 Å². The number of rotatable bonds is 7. The molecule has 0 aliphatic carbocycles. The highest BCUT2D eigenvalue weighted by molar-refractivity contribution is 6.34. The molecule has 6 nitrogen and oxygen atoms in total. The topological polar surface area (TPSA) is 59.1 Å². The molecule has 2 aliphatic rings. The Morgan fingerprint density at radius 2 is 1.85 bits per heavy atom. The summed E-state index contributed by atoms with van der Waals surface area (Å²) in [4.78, 5) is 27.8. The second-order valence-electron chi connectivity index (χ2n) is 11.2. The number of fused-ring (bicyclic) bond motifs is 1. The molecule has 0 saturated carbocycles. The van der Waals surface area contributed by atoms with E-state index in [-0.39, 0.29) is 29.0 Å². The first-order valence-electron chi connectivity index (χ1n) is 13.2. The summed E-state index contributed by atoms with van der Waals surface area (Å²) in [5, 5.41) is 0.217. The molecule has 4 rings (SSSR count). The van der Waals surface area contributed by atoms with Gasteiger partial charge in [-0.1, -0.05) is 17.7 Å². The lowest BCUT2D eigenvalue weighted by molar-refractivity contribution is 0.0180. The molecule has 0 radical (unpaired) electrons. The van der Waals surface area contributed by atoms with Crippen molar-refractivity contribution in [1.82, 2.24) is 9.80 Å². The average molecular weight is 567 g/mol. The molecule has 1 fully saturated rings. The Bertz CT molecular complexity index is 1240. The molecular formula is C29H34ClF3N2O4. The van der Waals surface area contributed by atoms with Gasteiger partial charge in [-0.05, 0) is 88.1 Å². The van der Waals surface area contributed by atoms with Crippen LogP contribution in [-0.4, -0.2) is 47.6 Å². The van der Waals surface area contributed by atoms with Crippen LogP contribution in [0.25, 0.3) is 0 Å². The van der Waals surface area contributed by atoms with E-state index in [1.54, 1.807) is 11.0 Å². The smallest absolute Gasteiger partial charge is 0.410 e. The van der Waals surface area contributed by atoms with Gasteiger partial charge in [0, 0.05) is 25.2 Å². The van der Waals surface area contributed by atoms with E-state index in [4.69, 9.17) is 21.1 Å². The SMILES string of the molecule is COc1ccc(C(F)N2Cc3cc(CCCC4CCN(C(=O)OC(C)(C)C)CC4)cc(Cl)c3C2=O)c(F)c1F. The predicted molar refractivity (Wildman–Crippen MR) is 142 cm³/mol. The van der Waals surface area contributed by atoms with Crippen molar-refractivity contribution in [3.05, 3.63) is 63.2 Å². The molecule has 212 valence electrons. The number of hydrogen-bond acceptors (Lipinski definition) is 4. The number of carbonyl (C=O) groups excluding carboxylic acids is 2. The third-order valence-electron chi connectivity index (χ3n) is 7.22. The summed E-state index contributed by atoms with van der Waals surface area (Å²) in [6.45, 7) is 6.81. The number of amides is 2. The monoisotopic (exact) mass is 566 g/mol. The molecule has 2 heterocycles. The Morgan fingerprint density at radius 1 is 1.15 bits per heavy atom. The highest BCUT2D eigenvalue weighted by Gasteiger charge is 2.37. The molecule has 0 N–H and O–H groups in total. The Kier molecular flexibility index (Phi) is 8.69. The summed E-state index contributed by atoms with van der Waals surface area (Å²) in [5.74, 6) is -3.22. The summed E-state index contributed by atoms with van der Waals surface area (Å²) in [7, 11) is 1.18. The summed E-state index contributed by atoms with van der Waals surface area (Å²) in [6, 6.07) is 5.75. The molecule has 0 bridgehead atoms. The molecule has 0 aromatic heterocycles. The number of benzene rings is 2. The van der Waals surface area contributed by atoms with Gasteiger partial charge < -0.3 is 19.3 Å². The minimum absolute atomic E-state index is 0.0981. The zero-order valence-corrected chi connectivity index (χ0v) is 23.4. The van der Waals surface area contributed by atoms with Crippen molar-refractivity contribution in [3.63, 3.8) is 0 Å². The number of carbonyl (C=O) groups is 2. The van der Waals surface area contributed by atoms with Gasteiger partial charge in [0.25, 0.3) is 5.91 Å². The lowest BCUT2D eigenvalue weighted by atomic mass is 9.90. The quantitative estimate of drug-likeness (QED) is 0.332. The highest BCUT2D eigenvalue weighted by Crippen LogP contribution is 2.38. The lowest BCUT2D eigenvalue weighted by Crippen LogP contribution is -2.41. The van der Waals surface area contributed by atoms with Crippen molar-refractivity contribution in [2.45, 2.75) is 71.3 Å². The molecule has 1 unspecified atom stereocenters. The van der Waals surface area contributed by atoms with E-state index in [0.717, 1.165) is 54.7 Å². The van der Waals surface area contributed by atoms with Crippen LogP contribution in [0.3, 0.4) is 0 Å². The van der Waals surface area contributed by atoms with Crippen LogP contribution in [0.4, 0.5) is 18.0 Å². The van der Waals surface area contributed by atoms with Crippen molar-refractivity contribution in [3.8, 4) is 5.75 Å². The van der Waals surface area contributed by atoms with Crippen molar-refractivity contribution >= 4 is 23.6 Å². The van der Waals surface area contributed by atoms with E-state index >= 15 is 4.39 Å².